The van der Waals surface area contributed by atoms with Gasteiger partial charge in [0.2, 0.25) is 17.7 Å². The van der Waals surface area contributed by atoms with Gasteiger partial charge in [0.15, 0.2) is 0 Å². The highest BCUT2D eigenvalue weighted by Crippen LogP contribution is 2.07. The van der Waals surface area contributed by atoms with Crippen LogP contribution in [0.25, 0.3) is 0 Å². The second-order valence-corrected chi connectivity index (χ2v) is 4.98. The highest BCUT2D eigenvalue weighted by molar-refractivity contribution is 5.91. The molecule has 0 saturated heterocycles. The van der Waals surface area contributed by atoms with Crippen molar-refractivity contribution in [3.05, 3.63) is 0 Å². The molecule has 0 radical (unpaired) electrons. The van der Waals surface area contributed by atoms with Gasteiger partial charge >= 0.3 is 5.97 Å². The van der Waals surface area contributed by atoms with E-state index in [4.69, 9.17) is 10.8 Å². The summed E-state index contributed by atoms with van der Waals surface area (Å²) in [5, 5.41) is 15.7. The van der Waals surface area contributed by atoms with Crippen LogP contribution in [0.1, 0.15) is 27.2 Å². The van der Waals surface area contributed by atoms with Crippen molar-refractivity contribution in [3.8, 4) is 0 Å². The maximum absolute atomic E-state index is 12.1. The SMILES string of the molecule is CCC(C)C(NC(=O)CN)C(=O)NCC(=O)NC(C)C(=O)O. The monoisotopic (exact) mass is 316 g/mol. The van der Waals surface area contributed by atoms with Crippen molar-refractivity contribution in [3.63, 3.8) is 0 Å². The molecule has 0 aromatic rings. The normalized spacial score (nSPS) is 14.4. The van der Waals surface area contributed by atoms with E-state index in [2.05, 4.69) is 16.0 Å². The smallest absolute Gasteiger partial charge is 0.325 e. The molecule has 126 valence electrons. The Balaban J connectivity index is 4.53. The molecule has 9 heteroatoms. The van der Waals surface area contributed by atoms with Crippen molar-refractivity contribution < 1.29 is 24.3 Å². The maximum Gasteiger partial charge on any atom is 0.325 e. The standard InChI is InChI=1S/C13H24N4O5/c1-4-7(2)11(17-9(18)5-14)12(20)15-6-10(19)16-8(3)13(21)22/h7-8,11H,4-6,14H2,1-3H3,(H,15,20)(H,16,19)(H,17,18)(H,21,22). The molecule has 3 amide bonds. The Kier molecular flexibility index (Phi) is 8.76. The van der Waals surface area contributed by atoms with Crippen molar-refractivity contribution in [2.24, 2.45) is 11.7 Å². The number of nitrogens with two attached hydrogens (primary N) is 1. The molecule has 0 aliphatic carbocycles. The third kappa shape index (κ3) is 7.02. The zero-order valence-corrected chi connectivity index (χ0v) is 13.0. The second kappa shape index (κ2) is 9.72. The predicted octanol–water partition coefficient (Wildman–Crippen LogP) is -1.82. The van der Waals surface area contributed by atoms with Crippen LogP contribution in [0.2, 0.25) is 0 Å². The summed E-state index contributed by atoms with van der Waals surface area (Å²) in [6.45, 7) is 4.35. The minimum Gasteiger partial charge on any atom is -0.480 e. The molecule has 0 bridgehead atoms. The van der Waals surface area contributed by atoms with E-state index in [1.165, 1.54) is 6.92 Å². The van der Waals surface area contributed by atoms with Crippen LogP contribution in [0.3, 0.4) is 0 Å². The van der Waals surface area contributed by atoms with Crippen molar-refractivity contribution in [1.82, 2.24) is 16.0 Å². The van der Waals surface area contributed by atoms with Crippen LogP contribution >= 0.6 is 0 Å². The molecule has 0 aliphatic rings. The second-order valence-electron chi connectivity index (χ2n) is 4.98. The topological polar surface area (TPSA) is 151 Å². The minimum atomic E-state index is -1.17. The van der Waals surface area contributed by atoms with Crippen LogP contribution in [0.4, 0.5) is 0 Å². The highest BCUT2D eigenvalue weighted by Gasteiger charge is 2.26. The van der Waals surface area contributed by atoms with Gasteiger partial charge in [0.05, 0.1) is 13.1 Å². The average Bonchev–Trinajstić information content (AvgIpc) is 2.48. The van der Waals surface area contributed by atoms with Gasteiger partial charge in [-0.2, -0.15) is 0 Å². The predicted molar refractivity (Wildman–Crippen MR) is 78.7 cm³/mol. The first-order chi connectivity index (χ1) is 10.2. The Morgan fingerprint density at radius 3 is 2.14 bits per heavy atom. The largest absolute Gasteiger partial charge is 0.480 e. The van der Waals surface area contributed by atoms with Crippen LogP contribution in [-0.2, 0) is 19.2 Å². The Hall–Kier alpha value is -2.16. The van der Waals surface area contributed by atoms with Gasteiger partial charge in [0, 0.05) is 0 Å². The molecule has 0 aromatic heterocycles. The Labute approximate surface area is 129 Å². The number of hydrogen-bond acceptors (Lipinski definition) is 5. The van der Waals surface area contributed by atoms with Crippen LogP contribution in [0.5, 0.6) is 0 Å². The molecular formula is C13H24N4O5. The molecule has 3 atom stereocenters. The number of carboxylic acid groups (broad SMARTS) is 1. The number of hydrogen-bond donors (Lipinski definition) is 5. The lowest BCUT2D eigenvalue weighted by atomic mass is 9.98. The molecule has 3 unspecified atom stereocenters. The average molecular weight is 316 g/mol. The summed E-state index contributed by atoms with van der Waals surface area (Å²) >= 11 is 0. The first kappa shape index (κ1) is 19.8. The maximum atomic E-state index is 12.1. The number of carbonyl (C=O) groups is 4. The number of aliphatic carboxylic acids is 1. The first-order valence-corrected chi connectivity index (χ1v) is 7.02. The van der Waals surface area contributed by atoms with E-state index in [9.17, 15) is 19.2 Å². The van der Waals surface area contributed by atoms with Crippen molar-refractivity contribution in [1.29, 1.82) is 0 Å². The molecule has 0 fully saturated rings. The summed E-state index contributed by atoms with van der Waals surface area (Å²) in [7, 11) is 0. The lowest BCUT2D eigenvalue weighted by Crippen LogP contribution is -2.53. The quantitative estimate of drug-likeness (QED) is 0.338. The molecule has 0 saturated carbocycles. The van der Waals surface area contributed by atoms with E-state index in [1.54, 1.807) is 6.92 Å². The van der Waals surface area contributed by atoms with Crippen LogP contribution in [0, 0.1) is 5.92 Å². The summed E-state index contributed by atoms with van der Waals surface area (Å²) < 4.78 is 0. The molecule has 9 nitrogen and oxygen atoms in total. The Morgan fingerprint density at radius 2 is 1.68 bits per heavy atom. The Morgan fingerprint density at radius 1 is 1.09 bits per heavy atom. The third-order valence-electron chi connectivity index (χ3n) is 3.17. The van der Waals surface area contributed by atoms with E-state index < -0.39 is 35.8 Å². The van der Waals surface area contributed by atoms with Gasteiger partial charge in [-0.25, -0.2) is 0 Å². The first-order valence-electron chi connectivity index (χ1n) is 7.02. The summed E-state index contributed by atoms with van der Waals surface area (Å²) in [6, 6.07) is -1.85. The fourth-order valence-corrected chi connectivity index (χ4v) is 1.57. The van der Waals surface area contributed by atoms with Gasteiger partial charge in [-0.3, -0.25) is 19.2 Å². The fraction of sp³-hybridized carbons (Fsp3) is 0.692. The number of carbonyl (C=O) groups excluding carboxylic acids is 3. The van der Waals surface area contributed by atoms with E-state index >= 15 is 0 Å². The summed E-state index contributed by atoms with van der Waals surface area (Å²) in [6.07, 6.45) is 0.644. The number of carboxylic acids is 1. The number of amides is 3. The zero-order chi connectivity index (χ0) is 17.3. The summed E-state index contributed by atoms with van der Waals surface area (Å²) in [4.78, 5) is 45.5. The zero-order valence-electron chi connectivity index (χ0n) is 13.0. The minimum absolute atomic E-state index is 0.142. The molecule has 0 spiro atoms. The van der Waals surface area contributed by atoms with Crippen molar-refractivity contribution in [2.75, 3.05) is 13.1 Å². The van der Waals surface area contributed by atoms with Gasteiger partial charge in [-0.1, -0.05) is 20.3 Å². The van der Waals surface area contributed by atoms with E-state index in [1.807, 2.05) is 6.92 Å². The van der Waals surface area contributed by atoms with E-state index in [-0.39, 0.29) is 19.0 Å². The van der Waals surface area contributed by atoms with Crippen LogP contribution in [0.15, 0.2) is 0 Å². The van der Waals surface area contributed by atoms with Crippen LogP contribution in [-0.4, -0.2) is 54.0 Å². The molecule has 0 heterocycles. The molecule has 22 heavy (non-hydrogen) atoms. The number of rotatable bonds is 9. The van der Waals surface area contributed by atoms with Crippen molar-refractivity contribution >= 4 is 23.7 Å². The highest BCUT2D eigenvalue weighted by atomic mass is 16.4. The van der Waals surface area contributed by atoms with Gasteiger partial charge in [0.25, 0.3) is 0 Å². The molecule has 0 aromatic carbocycles. The molecule has 0 rings (SSSR count). The van der Waals surface area contributed by atoms with E-state index in [0.717, 1.165) is 0 Å². The summed E-state index contributed by atoms with van der Waals surface area (Å²) in [5.41, 5.74) is 5.20. The number of nitrogens with one attached hydrogen (secondary N) is 3. The summed E-state index contributed by atoms with van der Waals surface area (Å²) in [5.74, 6) is -2.93. The Bertz CT molecular complexity index is 427. The lowest BCUT2D eigenvalue weighted by Gasteiger charge is -2.23. The molecular weight excluding hydrogens is 292 g/mol. The molecule has 0 aliphatic heterocycles. The van der Waals surface area contributed by atoms with Gasteiger partial charge in [-0.15, -0.1) is 0 Å². The van der Waals surface area contributed by atoms with Gasteiger partial charge in [-0.05, 0) is 12.8 Å². The fourth-order valence-electron chi connectivity index (χ4n) is 1.57. The van der Waals surface area contributed by atoms with Gasteiger partial charge < -0.3 is 26.8 Å². The molecule has 6 N–H and O–H groups in total. The third-order valence-corrected chi connectivity index (χ3v) is 3.17. The van der Waals surface area contributed by atoms with Crippen LogP contribution < -0.4 is 21.7 Å². The van der Waals surface area contributed by atoms with Gasteiger partial charge in [0.1, 0.15) is 12.1 Å². The van der Waals surface area contributed by atoms with E-state index in [0.29, 0.717) is 6.42 Å². The van der Waals surface area contributed by atoms with Crippen molar-refractivity contribution in [2.45, 2.75) is 39.3 Å². The lowest BCUT2D eigenvalue weighted by molar-refractivity contribution is -0.141.